The highest BCUT2D eigenvalue weighted by atomic mass is 15.5. The molecular formula is C24H24N4. The highest BCUT2D eigenvalue weighted by Gasteiger charge is 1.99. The molecule has 4 heteroatoms. The summed E-state index contributed by atoms with van der Waals surface area (Å²) in [7, 11) is 0. The van der Waals surface area contributed by atoms with Gasteiger partial charge < -0.3 is 5.73 Å². The van der Waals surface area contributed by atoms with E-state index in [2.05, 4.69) is 60.3 Å². The Kier molecular flexibility index (Phi) is 6.43. The van der Waals surface area contributed by atoms with Gasteiger partial charge in [0.2, 0.25) is 0 Å². The maximum Gasteiger partial charge on any atom is 0.0874 e. The Morgan fingerprint density at radius 2 is 1.18 bits per heavy atom. The topological polar surface area (TPSA) is 54.0 Å². The molecule has 0 saturated heterocycles. The maximum absolute atomic E-state index is 5.70. The summed E-state index contributed by atoms with van der Waals surface area (Å²) in [6.07, 6.45) is 0. The molecule has 4 nitrogen and oxygen atoms in total. The third kappa shape index (κ3) is 5.21. The van der Waals surface area contributed by atoms with Gasteiger partial charge in [0.25, 0.3) is 0 Å². The minimum absolute atomic E-state index is 0.746. The van der Waals surface area contributed by atoms with Gasteiger partial charge in [-0.3, -0.25) is 5.01 Å². The molecule has 0 aliphatic carbocycles. The molecule has 0 amide bonds. The van der Waals surface area contributed by atoms with Crippen molar-refractivity contribution in [3.8, 4) is 23.0 Å². The summed E-state index contributed by atoms with van der Waals surface area (Å²) in [5.41, 5.74) is 11.5. The summed E-state index contributed by atoms with van der Waals surface area (Å²) in [5, 5.41) is 10.4. The van der Waals surface area contributed by atoms with Crippen molar-refractivity contribution in [2.45, 2.75) is 13.8 Å². The highest BCUT2D eigenvalue weighted by Crippen LogP contribution is 2.23. The molecule has 0 atom stereocenters. The number of rotatable bonds is 5. The van der Waals surface area contributed by atoms with Gasteiger partial charge in [-0.2, -0.15) is 0 Å². The van der Waals surface area contributed by atoms with Gasteiger partial charge in [-0.15, -0.1) is 5.11 Å². The van der Waals surface area contributed by atoms with Crippen LogP contribution in [0.2, 0.25) is 0 Å². The van der Waals surface area contributed by atoms with E-state index in [1.165, 1.54) is 0 Å². The molecule has 2 N–H and O–H groups in total. The van der Waals surface area contributed by atoms with Crippen molar-refractivity contribution in [1.82, 2.24) is 5.01 Å². The van der Waals surface area contributed by atoms with E-state index in [1.54, 1.807) is 0 Å². The molecule has 0 saturated carbocycles. The molecule has 0 fully saturated rings. The lowest BCUT2D eigenvalue weighted by Crippen LogP contribution is -2.14. The van der Waals surface area contributed by atoms with Crippen molar-refractivity contribution >= 4 is 11.4 Å². The van der Waals surface area contributed by atoms with Gasteiger partial charge in [-0.25, -0.2) is 0 Å². The van der Waals surface area contributed by atoms with Crippen LogP contribution in [0.4, 0.5) is 11.4 Å². The zero-order chi connectivity index (χ0) is 19.8. The van der Waals surface area contributed by atoms with Gasteiger partial charge in [0, 0.05) is 29.9 Å². The third-order valence-electron chi connectivity index (χ3n) is 4.36. The van der Waals surface area contributed by atoms with E-state index in [9.17, 15) is 0 Å². The summed E-state index contributed by atoms with van der Waals surface area (Å²) in [5.74, 6) is 6.34. The Balaban J connectivity index is 1.69. The van der Waals surface area contributed by atoms with Gasteiger partial charge in [0.1, 0.15) is 0 Å². The lowest BCUT2D eigenvalue weighted by molar-refractivity contribution is 0.301. The number of benzene rings is 3. The van der Waals surface area contributed by atoms with Crippen molar-refractivity contribution in [3.63, 3.8) is 0 Å². The normalized spacial score (nSPS) is 10.5. The number of hydrogen-bond donors (Lipinski definition) is 1. The predicted octanol–water partition coefficient (Wildman–Crippen LogP) is 5.68. The van der Waals surface area contributed by atoms with Gasteiger partial charge in [-0.05, 0) is 73.5 Å². The van der Waals surface area contributed by atoms with Crippen LogP contribution in [-0.2, 0) is 0 Å². The average Bonchev–Trinajstić information content (AvgIpc) is 2.75. The van der Waals surface area contributed by atoms with Crippen LogP contribution in [0, 0.1) is 11.8 Å². The number of nitrogen functional groups attached to an aromatic ring is 1. The molecule has 0 aliphatic rings. The fraction of sp³-hybridized carbons (Fsp3) is 0.167. The van der Waals surface area contributed by atoms with E-state index < -0.39 is 0 Å². The molecule has 3 rings (SSSR count). The monoisotopic (exact) mass is 368 g/mol. The molecule has 140 valence electrons. The van der Waals surface area contributed by atoms with Crippen LogP contribution in [0.15, 0.2) is 83.1 Å². The first-order chi connectivity index (χ1) is 13.7. The molecule has 0 heterocycles. The second-order valence-electron chi connectivity index (χ2n) is 6.32. The summed E-state index contributed by atoms with van der Waals surface area (Å²) >= 11 is 0. The molecule has 0 bridgehead atoms. The molecule has 0 unspecified atom stereocenters. The molecule has 3 aromatic rings. The third-order valence-corrected chi connectivity index (χ3v) is 4.36. The smallest absolute Gasteiger partial charge is 0.0874 e. The van der Waals surface area contributed by atoms with E-state index >= 15 is 0 Å². The average molecular weight is 368 g/mol. The number of nitrogens with zero attached hydrogens (tertiary/aromatic N) is 3. The largest absolute Gasteiger partial charge is 0.399 e. The van der Waals surface area contributed by atoms with E-state index in [0.717, 1.165) is 46.7 Å². The quantitative estimate of drug-likeness (QED) is 0.273. The molecule has 0 radical (unpaired) electrons. The zero-order valence-corrected chi connectivity index (χ0v) is 16.3. The summed E-state index contributed by atoms with van der Waals surface area (Å²) in [4.78, 5) is 0. The first-order valence-corrected chi connectivity index (χ1v) is 9.42. The van der Waals surface area contributed by atoms with Gasteiger partial charge in [0.15, 0.2) is 0 Å². The van der Waals surface area contributed by atoms with Gasteiger partial charge >= 0.3 is 0 Å². The lowest BCUT2D eigenvalue weighted by Gasteiger charge is -2.11. The van der Waals surface area contributed by atoms with E-state index in [0.29, 0.717) is 0 Å². The minimum Gasteiger partial charge on any atom is -0.399 e. The van der Waals surface area contributed by atoms with Crippen molar-refractivity contribution < 1.29 is 0 Å². The number of hydrogen-bond acceptors (Lipinski definition) is 3. The highest BCUT2D eigenvalue weighted by molar-refractivity contribution is 5.66. The molecular weight excluding hydrogens is 344 g/mol. The second kappa shape index (κ2) is 9.38. The second-order valence-corrected chi connectivity index (χ2v) is 6.32. The van der Waals surface area contributed by atoms with E-state index in [-0.39, 0.29) is 0 Å². The number of anilines is 1. The van der Waals surface area contributed by atoms with Crippen LogP contribution in [0.3, 0.4) is 0 Å². The van der Waals surface area contributed by atoms with Crippen molar-refractivity contribution in [1.29, 1.82) is 0 Å². The number of nitrogens with two attached hydrogens (primary N) is 1. The predicted molar refractivity (Wildman–Crippen MR) is 116 cm³/mol. The molecule has 0 spiro atoms. The maximum atomic E-state index is 5.70. The van der Waals surface area contributed by atoms with Crippen LogP contribution < -0.4 is 5.73 Å². The van der Waals surface area contributed by atoms with Crippen LogP contribution >= 0.6 is 0 Å². The van der Waals surface area contributed by atoms with Crippen LogP contribution in [-0.4, -0.2) is 18.1 Å². The van der Waals surface area contributed by atoms with Crippen molar-refractivity contribution in [2.24, 2.45) is 10.3 Å². The van der Waals surface area contributed by atoms with Gasteiger partial charge in [-0.1, -0.05) is 41.3 Å². The Bertz CT molecular complexity index is 972. The summed E-state index contributed by atoms with van der Waals surface area (Å²) in [6, 6.07) is 23.9. The van der Waals surface area contributed by atoms with Gasteiger partial charge in [0.05, 0.1) is 5.69 Å². The molecule has 28 heavy (non-hydrogen) atoms. The zero-order valence-electron chi connectivity index (χ0n) is 16.3. The Labute approximate surface area is 166 Å². The Hall–Kier alpha value is -3.58. The van der Waals surface area contributed by atoms with Crippen molar-refractivity contribution in [3.05, 3.63) is 83.9 Å². The lowest BCUT2D eigenvalue weighted by atomic mass is 10.0. The van der Waals surface area contributed by atoms with Crippen LogP contribution in [0.5, 0.6) is 0 Å². The Morgan fingerprint density at radius 3 is 1.68 bits per heavy atom. The van der Waals surface area contributed by atoms with Crippen LogP contribution in [0.25, 0.3) is 11.1 Å². The van der Waals surface area contributed by atoms with E-state index in [1.807, 2.05) is 53.5 Å². The standard InChI is InChI=1S/C24H24N4/c1-3-28(4-2)27-26-24-17-13-22(14-18-24)21-11-7-19(8-12-21)5-6-20-9-15-23(25)16-10-20/h7-18H,3-4,25H2,1-2H3. The molecule has 3 aromatic carbocycles. The Morgan fingerprint density at radius 1 is 0.714 bits per heavy atom. The molecule has 0 aliphatic heterocycles. The fourth-order valence-corrected chi connectivity index (χ4v) is 2.64. The first-order valence-electron chi connectivity index (χ1n) is 9.42. The van der Waals surface area contributed by atoms with E-state index in [4.69, 9.17) is 5.73 Å². The fourth-order valence-electron chi connectivity index (χ4n) is 2.64. The SMILES string of the molecule is CCN(CC)N=Nc1ccc(-c2ccc(C#Cc3ccc(N)cc3)cc2)cc1. The summed E-state index contributed by atoms with van der Waals surface area (Å²) < 4.78 is 0. The first kappa shape index (κ1) is 19.2. The van der Waals surface area contributed by atoms with Crippen molar-refractivity contribution in [2.75, 3.05) is 18.8 Å². The minimum atomic E-state index is 0.746. The molecule has 0 aromatic heterocycles. The summed E-state index contributed by atoms with van der Waals surface area (Å²) in [6.45, 7) is 5.84. The van der Waals surface area contributed by atoms with Crippen LogP contribution in [0.1, 0.15) is 25.0 Å².